The number of nitrogens with one attached hydrogen (secondary N) is 2. The summed E-state index contributed by atoms with van der Waals surface area (Å²) in [5.41, 5.74) is 0. The van der Waals surface area contributed by atoms with E-state index >= 15 is 0 Å². The second-order valence-corrected chi connectivity index (χ2v) is 6.09. The SMILES string of the molecule is O=C(C1CNCCN1)N1CCC2CCCCC2C1. The van der Waals surface area contributed by atoms with E-state index in [2.05, 4.69) is 15.5 Å². The summed E-state index contributed by atoms with van der Waals surface area (Å²) >= 11 is 0. The molecule has 102 valence electrons. The van der Waals surface area contributed by atoms with Crippen LogP contribution in [-0.4, -0.2) is 49.6 Å². The van der Waals surface area contributed by atoms with Gasteiger partial charge in [-0.2, -0.15) is 0 Å². The predicted molar refractivity (Wildman–Crippen MR) is 71.3 cm³/mol. The number of hydrogen-bond acceptors (Lipinski definition) is 3. The Bertz CT molecular complexity index is 301. The molecular formula is C14H25N3O. The summed E-state index contributed by atoms with van der Waals surface area (Å²) in [5, 5.41) is 6.64. The molecule has 0 bridgehead atoms. The fourth-order valence-electron chi connectivity index (χ4n) is 3.85. The van der Waals surface area contributed by atoms with E-state index in [-0.39, 0.29) is 6.04 Å². The maximum atomic E-state index is 12.5. The van der Waals surface area contributed by atoms with Crippen molar-refractivity contribution in [1.82, 2.24) is 15.5 Å². The standard InChI is InChI=1S/C14H25N3O/c18-14(13-9-15-6-7-16-13)17-8-5-11-3-1-2-4-12(11)10-17/h11-13,15-16H,1-10H2. The number of hydrogen-bond donors (Lipinski definition) is 2. The zero-order chi connectivity index (χ0) is 12.4. The van der Waals surface area contributed by atoms with Crippen molar-refractivity contribution in [3.8, 4) is 0 Å². The van der Waals surface area contributed by atoms with Crippen molar-refractivity contribution in [2.45, 2.75) is 38.1 Å². The Morgan fingerprint density at radius 3 is 2.67 bits per heavy atom. The maximum Gasteiger partial charge on any atom is 0.241 e. The number of likely N-dealkylation sites (tertiary alicyclic amines) is 1. The van der Waals surface area contributed by atoms with E-state index in [1.807, 2.05) is 0 Å². The Labute approximate surface area is 109 Å². The lowest BCUT2D eigenvalue weighted by Crippen LogP contribution is -2.58. The first-order chi connectivity index (χ1) is 8.84. The van der Waals surface area contributed by atoms with E-state index in [1.165, 1.54) is 32.1 Å². The van der Waals surface area contributed by atoms with Gasteiger partial charge in [-0.3, -0.25) is 4.79 Å². The minimum absolute atomic E-state index is 0.0129. The van der Waals surface area contributed by atoms with Crippen molar-refractivity contribution in [3.63, 3.8) is 0 Å². The van der Waals surface area contributed by atoms with Gasteiger partial charge < -0.3 is 15.5 Å². The molecular weight excluding hydrogens is 226 g/mol. The van der Waals surface area contributed by atoms with Crippen LogP contribution in [0.15, 0.2) is 0 Å². The molecule has 0 radical (unpaired) electrons. The molecule has 2 N–H and O–H groups in total. The Balaban J connectivity index is 1.57. The molecule has 0 spiro atoms. The average Bonchev–Trinajstić information content (AvgIpc) is 2.47. The lowest BCUT2D eigenvalue weighted by atomic mass is 9.75. The number of nitrogens with zero attached hydrogens (tertiary/aromatic N) is 1. The van der Waals surface area contributed by atoms with Crippen molar-refractivity contribution in [3.05, 3.63) is 0 Å². The molecule has 0 aromatic carbocycles. The fourth-order valence-corrected chi connectivity index (χ4v) is 3.85. The summed E-state index contributed by atoms with van der Waals surface area (Å²) in [7, 11) is 0. The highest BCUT2D eigenvalue weighted by Crippen LogP contribution is 2.36. The third-order valence-corrected chi connectivity index (χ3v) is 4.94. The van der Waals surface area contributed by atoms with Crippen LogP contribution in [0.2, 0.25) is 0 Å². The third-order valence-electron chi connectivity index (χ3n) is 4.94. The minimum atomic E-state index is 0.0129. The summed E-state index contributed by atoms with van der Waals surface area (Å²) < 4.78 is 0. The largest absolute Gasteiger partial charge is 0.341 e. The van der Waals surface area contributed by atoms with Crippen LogP contribution in [0, 0.1) is 11.8 Å². The monoisotopic (exact) mass is 251 g/mol. The summed E-state index contributed by atoms with van der Waals surface area (Å²) in [6.45, 7) is 4.69. The van der Waals surface area contributed by atoms with Gasteiger partial charge in [-0.15, -0.1) is 0 Å². The number of carbonyl (C=O) groups excluding carboxylic acids is 1. The molecule has 1 amide bonds. The topological polar surface area (TPSA) is 44.4 Å². The summed E-state index contributed by atoms with van der Waals surface area (Å²) in [4.78, 5) is 14.6. The third kappa shape index (κ3) is 2.54. The van der Waals surface area contributed by atoms with Gasteiger partial charge in [-0.05, 0) is 24.7 Å². The van der Waals surface area contributed by atoms with E-state index in [9.17, 15) is 4.79 Å². The minimum Gasteiger partial charge on any atom is -0.341 e. The molecule has 3 rings (SSSR count). The summed E-state index contributed by atoms with van der Waals surface area (Å²) in [6.07, 6.45) is 6.74. The zero-order valence-electron chi connectivity index (χ0n) is 11.2. The molecule has 2 heterocycles. The van der Waals surface area contributed by atoms with Gasteiger partial charge in [-0.25, -0.2) is 0 Å². The van der Waals surface area contributed by atoms with Gasteiger partial charge in [0.15, 0.2) is 0 Å². The smallest absolute Gasteiger partial charge is 0.241 e. The lowest BCUT2D eigenvalue weighted by Gasteiger charge is -2.42. The van der Waals surface area contributed by atoms with Crippen molar-refractivity contribution in [1.29, 1.82) is 0 Å². The summed E-state index contributed by atoms with van der Waals surface area (Å²) in [6, 6.07) is 0.0129. The maximum absolute atomic E-state index is 12.5. The van der Waals surface area contributed by atoms with E-state index in [4.69, 9.17) is 0 Å². The van der Waals surface area contributed by atoms with Crippen LogP contribution in [-0.2, 0) is 4.79 Å². The van der Waals surface area contributed by atoms with E-state index in [0.29, 0.717) is 5.91 Å². The molecule has 1 saturated carbocycles. The van der Waals surface area contributed by atoms with Gasteiger partial charge in [-0.1, -0.05) is 19.3 Å². The Morgan fingerprint density at radius 2 is 1.89 bits per heavy atom. The molecule has 18 heavy (non-hydrogen) atoms. The molecule has 3 aliphatic rings. The van der Waals surface area contributed by atoms with Crippen molar-refractivity contribution in [2.75, 3.05) is 32.7 Å². The molecule has 3 unspecified atom stereocenters. The molecule has 0 aromatic heterocycles. The first-order valence-electron chi connectivity index (χ1n) is 7.57. The summed E-state index contributed by atoms with van der Waals surface area (Å²) in [5.74, 6) is 2.01. The number of piperidine rings is 1. The number of piperazine rings is 1. The second kappa shape index (κ2) is 5.57. The van der Waals surface area contributed by atoms with Crippen molar-refractivity contribution < 1.29 is 4.79 Å². The van der Waals surface area contributed by atoms with Crippen LogP contribution in [0.3, 0.4) is 0 Å². The van der Waals surface area contributed by atoms with Gasteiger partial charge in [0.25, 0.3) is 0 Å². The second-order valence-electron chi connectivity index (χ2n) is 6.09. The van der Waals surface area contributed by atoms with Gasteiger partial charge in [0.05, 0.1) is 6.04 Å². The molecule has 2 aliphatic heterocycles. The quantitative estimate of drug-likeness (QED) is 0.717. The Morgan fingerprint density at radius 1 is 1.06 bits per heavy atom. The number of amides is 1. The molecule has 1 aliphatic carbocycles. The first kappa shape index (κ1) is 12.4. The van der Waals surface area contributed by atoms with E-state index in [1.54, 1.807) is 0 Å². The van der Waals surface area contributed by atoms with Gasteiger partial charge in [0.2, 0.25) is 5.91 Å². The average molecular weight is 251 g/mol. The number of fused-ring (bicyclic) bond motifs is 1. The zero-order valence-corrected chi connectivity index (χ0v) is 11.2. The Kier molecular flexibility index (Phi) is 3.85. The molecule has 2 saturated heterocycles. The lowest BCUT2D eigenvalue weighted by molar-refractivity contribution is -0.136. The molecule has 4 heteroatoms. The van der Waals surface area contributed by atoms with Crippen molar-refractivity contribution in [2.24, 2.45) is 11.8 Å². The Hall–Kier alpha value is -0.610. The van der Waals surface area contributed by atoms with E-state index in [0.717, 1.165) is 44.6 Å². The van der Waals surface area contributed by atoms with Gasteiger partial charge >= 0.3 is 0 Å². The van der Waals surface area contributed by atoms with Crippen LogP contribution >= 0.6 is 0 Å². The molecule has 3 fully saturated rings. The molecule has 4 nitrogen and oxygen atoms in total. The highest BCUT2D eigenvalue weighted by molar-refractivity contribution is 5.82. The van der Waals surface area contributed by atoms with Crippen LogP contribution in [0.25, 0.3) is 0 Å². The number of carbonyl (C=O) groups is 1. The van der Waals surface area contributed by atoms with Crippen LogP contribution in [0.1, 0.15) is 32.1 Å². The molecule has 3 atom stereocenters. The van der Waals surface area contributed by atoms with Crippen molar-refractivity contribution >= 4 is 5.91 Å². The number of rotatable bonds is 1. The fraction of sp³-hybridized carbons (Fsp3) is 0.929. The van der Waals surface area contributed by atoms with E-state index < -0.39 is 0 Å². The predicted octanol–water partition coefficient (Wildman–Crippen LogP) is 0.587. The first-order valence-corrected chi connectivity index (χ1v) is 7.57. The van der Waals surface area contributed by atoms with Crippen LogP contribution < -0.4 is 10.6 Å². The van der Waals surface area contributed by atoms with Crippen LogP contribution in [0.5, 0.6) is 0 Å². The van der Waals surface area contributed by atoms with Crippen LogP contribution in [0.4, 0.5) is 0 Å². The normalized spacial score (nSPS) is 37.1. The van der Waals surface area contributed by atoms with Gasteiger partial charge in [0.1, 0.15) is 0 Å². The van der Waals surface area contributed by atoms with Gasteiger partial charge in [0, 0.05) is 32.7 Å². The molecule has 0 aromatic rings. The highest BCUT2D eigenvalue weighted by Gasteiger charge is 2.35. The highest BCUT2D eigenvalue weighted by atomic mass is 16.2.